The molecule has 1 heterocycles. The van der Waals surface area contributed by atoms with Crippen LogP contribution in [0.1, 0.15) is 32.1 Å². The molecule has 1 aromatic carbocycles. The summed E-state index contributed by atoms with van der Waals surface area (Å²) in [6.45, 7) is 4.42. The summed E-state index contributed by atoms with van der Waals surface area (Å²) in [5, 5.41) is 6.73. The number of hydrogen-bond donors (Lipinski definition) is 2. The molecule has 1 aromatic rings. The fraction of sp³-hybridized carbons (Fsp3) is 0.562. The molecule has 0 amide bonds. The second-order valence-corrected chi connectivity index (χ2v) is 5.91. The van der Waals surface area contributed by atoms with Gasteiger partial charge >= 0.3 is 0 Å². The fourth-order valence-electron chi connectivity index (χ4n) is 2.61. The van der Waals surface area contributed by atoms with Gasteiger partial charge in [-0.2, -0.15) is 0 Å². The molecule has 0 aromatic heterocycles. The quantitative estimate of drug-likeness (QED) is 0.644. The maximum atomic E-state index is 13.1. The zero-order valence-corrected chi connectivity index (χ0v) is 13.2. The predicted octanol–water partition coefficient (Wildman–Crippen LogP) is 3.38. The Balaban J connectivity index is 1.60. The van der Waals surface area contributed by atoms with Crippen LogP contribution in [-0.4, -0.2) is 36.2 Å². The summed E-state index contributed by atoms with van der Waals surface area (Å²) in [4.78, 5) is 2.54. The van der Waals surface area contributed by atoms with Crippen LogP contribution in [0.2, 0.25) is 0 Å². The highest BCUT2D eigenvalue weighted by atomic mass is 32.1. The number of nitrogens with zero attached hydrogens (tertiary/aromatic N) is 1. The lowest BCUT2D eigenvalue weighted by molar-refractivity contribution is 0.282. The molecule has 1 aliphatic rings. The van der Waals surface area contributed by atoms with E-state index in [1.807, 2.05) is 0 Å². The Morgan fingerprint density at radius 3 is 2.67 bits per heavy atom. The van der Waals surface area contributed by atoms with Crippen LogP contribution in [0.5, 0.6) is 0 Å². The lowest BCUT2D eigenvalue weighted by atomic mass is 10.2. The standard InChI is InChI=1S/C16H24FN3S/c17-14-7-5-8-15(13-14)19-16(21)18-9-6-12-20-10-3-1-2-4-11-20/h5,7-8,13H,1-4,6,9-12H2,(H2,18,19,21). The lowest BCUT2D eigenvalue weighted by Crippen LogP contribution is -2.32. The van der Waals surface area contributed by atoms with Crippen molar-refractivity contribution in [3.8, 4) is 0 Å². The van der Waals surface area contributed by atoms with Crippen LogP contribution in [0.25, 0.3) is 0 Å². The summed E-state index contributed by atoms with van der Waals surface area (Å²) in [7, 11) is 0. The molecule has 1 saturated heterocycles. The van der Waals surface area contributed by atoms with E-state index < -0.39 is 0 Å². The molecule has 0 saturated carbocycles. The minimum Gasteiger partial charge on any atom is -0.362 e. The van der Waals surface area contributed by atoms with Gasteiger partial charge in [-0.3, -0.25) is 0 Å². The van der Waals surface area contributed by atoms with Gasteiger partial charge in [-0.05, 0) is 69.3 Å². The van der Waals surface area contributed by atoms with Gasteiger partial charge in [0, 0.05) is 12.2 Å². The zero-order valence-electron chi connectivity index (χ0n) is 12.4. The molecule has 5 heteroatoms. The van der Waals surface area contributed by atoms with Gasteiger partial charge in [-0.15, -0.1) is 0 Å². The number of nitrogens with one attached hydrogen (secondary N) is 2. The highest BCUT2D eigenvalue weighted by Gasteiger charge is 2.08. The molecule has 116 valence electrons. The number of anilines is 1. The first-order valence-corrected chi connectivity index (χ1v) is 8.17. The van der Waals surface area contributed by atoms with Gasteiger partial charge in [0.1, 0.15) is 5.82 Å². The van der Waals surface area contributed by atoms with E-state index in [0.717, 1.165) is 19.5 Å². The molecule has 1 aliphatic heterocycles. The van der Waals surface area contributed by atoms with E-state index >= 15 is 0 Å². The average Bonchev–Trinajstić information content (AvgIpc) is 2.72. The van der Waals surface area contributed by atoms with Crippen LogP contribution in [0.4, 0.5) is 10.1 Å². The Bertz CT molecular complexity index is 445. The summed E-state index contributed by atoms with van der Waals surface area (Å²) >= 11 is 5.21. The first-order chi connectivity index (χ1) is 10.2. The highest BCUT2D eigenvalue weighted by molar-refractivity contribution is 7.80. The predicted molar refractivity (Wildman–Crippen MR) is 90.1 cm³/mol. The lowest BCUT2D eigenvalue weighted by Gasteiger charge is -2.19. The summed E-state index contributed by atoms with van der Waals surface area (Å²) in [6, 6.07) is 6.32. The molecular weight excluding hydrogens is 285 g/mol. The van der Waals surface area contributed by atoms with Crippen LogP contribution >= 0.6 is 12.2 Å². The smallest absolute Gasteiger partial charge is 0.170 e. The zero-order chi connectivity index (χ0) is 14.9. The SMILES string of the molecule is Fc1cccc(NC(=S)NCCCN2CCCCCC2)c1. The third-order valence-electron chi connectivity index (χ3n) is 3.72. The Morgan fingerprint density at radius 2 is 1.95 bits per heavy atom. The number of rotatable bonds is 5. The Hall–Kier alpha value is -1.20. The molecule has 2 rings (SSSR count). The molecule has 0 unspecified atom stereocenters. The number of thiocarbonyl (C=S) groups is 1. The third-order valence-corrected chi connectivity index (χ3v) is 3.96. The van der Waals surface area contributed by atoms with E-state index in [2.05, 4.69) is 15.5 Å². The van der Waals surface area contributed by atoms with Crippen molar-refractivity contribution in [2.45, 2.75) is 32.1 Å². The molecule has 2 N–H and O–H groups in total. The summed E-state index contributed by atoms with van der Waals surface area (Å²) in [5.41, 5.74) is 0.681. The second kappa shape index (κ2) is 8.95. The van der Waals surface area contributed by atoms with E-state index in [1.165, 1.54) is 50.9 Å². The van der Waals surface area contributed by atoms with Crippen molar-refractivity contribution in [2.75, 3.05) is 31.5 Å². The maximum Gasteiger partial charge on any atom is 0.170 e. The van der Waals surface area contributed by atoms with Gasteiger partial charge < -0.3 is 15.5 Å². The summed E-state index contributed by atoms with van der Waals surface area (Å²) < 4.78 is 13.1. The Labute approximate surface area is 131 Å². The molecule has 0 atom stereocenters. The monoisotopic (exact) mass is 309 g/mol. The topological polar surface area (TPSA) is 27.3 Å². The van der Waals surface area contributed by atoms with Crippen molar-refractivity contribution in [1.82, 2.24) is 10.2 Å². The van der Waals surface area contributed by atoms with Crippen molar-refractivity contribution < 1.29 is 4.39 Å². The van der Waals surface area contributed by atoms with Gasteiger partial charge in [0.25, 0.3) is 0 Å². The molecule has 0 radical (unpaired) electrons. The second-order valence-electron chi connectivity index (χ2n) is 5.50. The van der Waals surface area contributed by atoms with Gasteiger partial charge in [-0.1, -0.05) is 18.9 Å². The van der Waals surface area contributed by atoms with Crippen LogP contribution in [-0.2, 0) is 0 Å². The van der Waals surface area contributed by atoms with Crippen LogP contribution < -0.4 is 10.6 Å². The third kappa shape index (κ3) is 6.40. The fourth-order valence-corrected chi connectivity index (χ4v) is 2.83. The number of halogens is 1. The normalized spacial score (nSPS) is 16.2. The van der Waals surface area contributed by atoms with Gasteiger partial charge in [-0.25, -0.2) is 4.39 Å². The molecule has 0 bridgehead atoms. The number of benzene rings is 1. The van der Waals surface area contributed by atoms with Crippen LogP contribution in [0, 0.1) is 5.82 Å². The first-order valence-electron chi connectivity index (χ1n) is 7.77. The van der Waals surface area contributed by atoms with Gasteiger partial charge in [0.05, 0.1) is 0 Å². The number of likely N-dealkylation sites (tertiary alicyclic amines) is 1. The molecule has 3 nitrogen and oxygen atoms in total. The summed E-state index contributed by atoms with van der Waals surface area (Å²) in [5.74, 6) is -0.260. The Kier molecular flexibility index (Phi) is 6.89. The first kappa shape index (κ1) is 16.2. The van der Waals surface area contributed by atoms with E-state index in [9.17, 15) is 4.39 Å². The van der Waals surface area contributed by atoms with Crippen LogP contribution in [0.3, 0.4) is 0 Å². The largest absolute Gasteiger partial charge is 0.362 e. The van der Waals surface area contributed by atoms with Crippen molar-refractivity contribution >= 4 is 23.0 Å². The maximum absolute atomic E-state index is 13.1. The molecule has 0 spiro atoms. The number of hydrogen-bond acceptors (Lipinski definition) is 2. The molecule has 0 aliphatic carbocycles. The van der Waals surface area contributed by atoms with Crippen molar-refractivity contribution in [3.63, 3.8) is 0 Å². The average molecular weight is 309 g/mol. The van der Waals surface area contributed by atoms with Crippen LogP contribution in [0.15, 0.2) is 24.3 Å². The van der Waals surface area contributed by atoms with Gasteiger partial charge in [0.15, 0.2) is 5.11 Å². The Morgan fingerprint density at radius 1 is 1.19 bits per heavy atom. The molecular formula is C16H24FN3S. The van der Waals surface area contributed by atoms with Gasteiger partial charge in [0.2, 0.25) is 0 Å². The van der Waals surface area contributed by atoms with Crippen molar-refractivity contribution in [3.05, 3.63) is 30.1 Å². The minimum atomic E-state index is -0.260. The highest BCUT2D eigenvalue weighted by Crippen LogP contribution is 2.10. The van der Waals surface area contributed by atoms with Crippen molar-refractivity contribution in [2.24, 2.45) is 0 Å². The van der Waals surface area contributed by atoms with Crippen molar-refractivity contribution in [1.29, 1.82) is 0 Å². The minimum absolute atomic E-state index is 0.260. The van der Waals surface area contributed by atoms with E-state index in [0.29, 0.717) is 10.8 Å². The van der Waals surface area contributed by atoms with E-state index in [1.54, 1.807) is 12.1 Å². The summed E-state index contributed by atoms with van der Waals surface area (Å²) in [6.07, 6.45) is 6.47. The van der Waals surface area contributed by atoms with E-state index in [-0.39, 0.29) is 5.82 Å². The molecule has 1 fully saturated rings. The molecule has 21 heavy (non-hydrogen) atoms. The van der Waals surface area contributed by atoms with E-state index in [4.69, 9.17) is 12.2 Å².